The van der Waals surface area contributed by atoms with E-state index >= 15 is 0 Å². The van der Waals surface area contributed by atoms with E-state index in [9.17, 15) is 22.8 Å². The Balaban J connectivity index is 3.11. The summed E-state index contributed by atoms with van der Waals surface area (Å²) in [6.45, 7) is 4.77. The van der Waals surface area contributed by atoms with Crippen LogP contribution < -0.4 is 5.32 Å². The highest BCUT2D eigenvalue weighted by molar-refractivity contribution is 6.30. The Hall–Kier alpha value is -1.76. The number of carbonyl (C=O) groups excluding carboxylic acids is 2. The molecule has 1 rings (SSSR count). The monoisotopic (exact) mass is 337 g/mol. The standard InChI is InChI=1S/C14H15ClF3NO3/c1-13(2,3)22-12(21)19-11(7-20)9-5-4-8(15)6-10(9)14(16,17)18/h4-7,11H,1-3H3,(H,19,21). The lowest BCUT2D eigenvalue weighted by molar-refractivity contribution is -0.138. The zero-order valence-corrected chi connectivity index (χ0v) is 12.9. The molecule has 0 aliphatic rings. The number of rotatable bonds is 3. The Labute approximate surface area is 130 Å². The van der Waals surface area contributed by atoms with Gasteiger partial charge in [-0.3, -0.25) is 0 Å². The number of alkyl carbamates (subject to hydrolysis) is 1. The molecule has 122 valence electrons. The predicted octanol–water partition coefficient (Wildman–Crippen LogP) is 4.12. The molecule has 1 aromatic rings. The van der Waals surface area contributed by atoms with Crippen molar-refractivity contribution in [2.45, 2.75) is 38.6 Å². The number of hydrogen-bond acceptors (Lipinski definition) is 3. The van der Waals surface area contributed by atoms with E-state index in [0.717, 1.165) is 6.07 Å². The number of ether oxygens (including phenoxy) is 1. The van der Waals surface area contributed by atoms with E-state index in [1.165, 1.54) is 6.07 Å². The third-order valence-electron chi connectivity index (χ3n) is 2.46. The molecule has 1 atom stereocenters. The highest BCUT2D eigenvalue weighted by Gasteiger charge is 2.36. The highest BCUT2D eigenvalue weighted by Crippen LogP contribution is 2.36. The second-order valence-electron chi connectivity index (χ2n) is 5.49. The largest absolute Gasteiger partial charge is 0.444 e. The van der Waals surface area contributed by atoms with Gasteiger partial charge in [-0.25, -0.2) is 4.79 Å². The first-order valence-electron chi connectivity index (χ1n) is 6.25. The van der Waals surface area contributed by atoms with Gasteiger partial charge in [-0.1, -0.05) is 17.7 Å². The molecular formula is C14H15ClF3NO3. The minimum atomic E-state index is -4.71. The summed E-state index contributed by atoms with van der Waals surface area (Å²) < 4.78 is 44.0. The van der Waals surface area contributed by atoms with Crippen molar-refractivity contribution in [3.05, 3.63) is 34.3 Å². The van der Waals surface area contributed by atoms with Gasteiger partial charge in [-0.15, -0.1) is 0 Å². The number of hydrogen-bond donors (Lipinski definition) is 1. The van der Waals surface area contributed by atoms with E-state index in [-0.39, 0.29) is 11.3 Å². The van der Waals surface area contributed by atoms with Gasteiger partial charge in [0.25, 0.3) is 0 Å². The normalized spacial score (nSPS) is 13.4. The van der Waals surface area contributed by atoms with Crippen LogP contribution in [0.5, 0.6) is 0 Å². The number of halogens is 4. The van der Waals surface area contributed by atoms with Crippen LogP contribution in [0.25, 0.3) is 0 Å². The van der Waals surface area contributed by atoms with Gasteiger partial charge in [0.05, 0.1) is 5.56 Å². The number of alkyl halides is 3. The number of nitrogens with one attached hydrogen (secondary N) is 1. The molecule has 1 unspecified atom stereocenters. The molecule has 1 N–H and O–H groups in total. The summed E-state index contributed by atoms with van der Waals surface area (Å²) in [7, 11) is 0. The Morgan fingerprint density at radius 3 is 2.36 bits per heavy atom. The van der Waals surface area contributed by atoms with Gasteiger partial charge in [0, 0.05) is 5.02 Å². The zero-order valence-electron chi connectivity index (χ0n) is 12.1. The molecule has 0 saturated carbocycles. The number of aldehydes is 1. The summed E-state index contributed by atoms with van der Waals surface area (Å²) in [5.74, 6) is 0. The molecule has 0 heterocycles. The second kappa shape index (κ2) is 6.56. The van der Waals surface area contributed by atoms with E-state index in [4.69, 9.17) is 16.3 Å². The average molecular weight is 338 g/mol. The van der Waals surface area contributed by atoms with Crippen molar-refractivity contribution in [3.8, 4) is 0 Å². The van der Waals surface area contributed by atoms with Gasteiger partial charge in [0.1, 0.15) is 17.9 Å². The van der Waals surface area contributed by atoms with Crippen molar-refractivity contribution >= 4 is 24.0 Å². The fourth-order valence-corrected chi connectivity index (χ4v) is 1.84. The van der Waals surface area contributed by atoms with Gasteiger partial charge in [-0.05, 0) is 38.5 Å². The summed E-state index contributed by atoms with van der Waals surface area (Å²) in [6.07, 6.45) is -5.51. The van der Waals surface area contributed by atoms with Crippen LogP contribution in [-0.4, -0.2) is 18.0 Å². The smallest absolute Gasteiger partial charge is 0.416 e. The molecule has 22 heavy (non-hydrogen) atoms. The zero-order chi connectivity index (χ0) is 17.1. The second-order valence-corrected chi connectivity index (χ2v) is 5.93. The fraction of sp³-hybridized carbons (Fsp3) is 0.429. The van der Waals surface area contributed by atoms with Gasteiger partial charge in [0.2, 0.25) is 0 Å². The molecule has 0 aromatic heterocycles. The van der Waals surface area contributed by atoms with Gasteiger partial charge in [-0.2, -0.15) is 13.2 Å². The van der Waals surface area contributed by atoms with E-state index in [2.05, 4.69) is 5.32 Å². The molecule has 0 radical (unpaired) electrons. The maximum Gasteiger partial charge on any atom is 0.416 e. The van der Waals surface area contributed by atoms with E-state index in [0.29, 0.717) is 6.07 Å². The summed E-state index contributed by atoms with van der Waals surface area (Å²) in [4.78, 5) is 22.7. The average Bonchev–Trinajstić information content (AvgIpc) is 2.33. The highest BCUT2D eigenvalue weighted by atomic mass is 35.5. The van der Waals surface area contributed by atoms with E-state index < -0.39 is 35.0 Å². The molecule has 4 nitrogen and oxygen atoms in total. The molecule has 1 amide bonds. The molecule has 0 aliphatic carbocycles. The molecule has 0 fully saturated rings. The quantitative estimate of drug-likeness (QED) is 0.844. The number of carbonyl (C=O) groups is 2. The molecular weight excluding hydrogens is 323 g/mol. The van der Waals surface area contributed by atoms with Crippen molar-refractivity contribution in [2.75, 3.05) is 0 Å². The molecule has 1 aromatic carbocycles. The van der Waals surface area contributed by atoms with Crippen molar-refractivity contribution in [2.24, 2.45) is 0 Å². The third-order valence-corrected chi connectivity index (χ3v) is 2.70. The Bertz CT molecular complexity index is 567. The predicted molar refractivity (Wildman–Crippen MR) is 74.6 cm³/mol. The lowest BCUT2D eigenvalue weighted by Crippen LogP contribution is -2.36. The minimum absolute atomic E-state index is 0.127. The molecule has 0 spiro atoms. The van der Waals surface area contributed by atoms with Crippen molar-refractivity contribution in [3.63, 3.8) is 0 Å². The van der Waals surface area contributed by atoms with Crippen LogP contribution in [0.15, 0.2) is 18.2 Å². The molecule has 8 heteroatoms. The van der Waals surface area contributed by atoms with Gasteiger partial charge in [0.15, 0.2) is 0 Å². The van der Waals surface area contributed by atoms with Crippen molar-refractivity contribution < 1.29 is 27.5 Å². The van der Waals surface area contributed by atoms with Crippen LogP contribution in [0.3, 0.4) is 0 Å². The van der Waals surface area contributed by atoms with Gasteiger partial charge < -0.3 is 14.8 Å². The first-order chi connectivity index (χ1) is 9.94. The summed E-state index contributed by atoms with van der Waals surface area (Å²) in [6, 6.07) is 1.45. The first-order valence-corrected chi connectivity index (χ1v) is 6.63. The fourth-order valence-electron chi connectivity index (χ4n) is 1.66. The van der Waals surface area contributed by atoms with Crippen LogP contribution in [0.2, 0.25) is 5.02 Å². The summed E-state index contributed by atoms with van der Waals surface area (Å²) in [5, 5.41) is 1.97. The maximum atomic E-state index is 13.0. The molecule has 0 bridgehead atoms. The first kappa shape index (κ1) is 18.3. The van der Waals surface area contributed by atoms with Crippen molar-refractivity contribution in [1.82, 2.24) is 5.32 Å². The number of amides is 1. The third kappa shape index (κ3) is 5.22. The van der Waals surface area contributed by atoms with Gasteiger partial charge >= 0.3 is 12.3 Å². The maximum absolute atomic E-state index is 13.0. The Morgan fingerprint density at radius 1 is 1.32 bits per heavy atom. The van der Waals surface area contributed by atoms with E-state index in [1.54, 1.807) is 20.8 Å². The van der Waals surface area contributed by atoms with Crippen LogP contribution in [-0.2, 0) is 15.7 Å². The minimum Gasteiger partial charge on any atom is -0.444 e. The van der Waals surface area contributed by atoms with Crippen LogP contribution in [0.4, 0.5) is 18.0 Å². The van der Waals surface area contributed by atoms with E-state index in [1.807, 2.05) is 0 Å². The lowest BCUT2D eigenvalue weighted by Gasteiger charge is -2.23. The Kier molecular flexibility index (Phi) is 5.45. The Morgan fingerprint density at radius 2 is 1.91 bits per heavy atom. The van der Waals surface area contributed by atoms with Crippen LogP contribution in [0, 0.1) is 0 Å². The van der Waals surface area contributed by atoms with Crippen molar-refractivity contribution in [1.29, 1.82) is 0 Å². The molecule has 0 saturated heterocycles. The summed E-state index contributed by atoms with van der Waals surface area (Å²) in [5.41, 5.74) is -2.34. The lowest BCUT2D eigenvalue weighted by atomic mass is 10.0. The topological polar surface area (TPSA) is 55.4 Å². The SMILES string of the molecule is CC(C)(C)OC(=O)NC(C=O)c1ccc(Cl)cc1C(F)(F)F. The number of benzene rings is 1. The van der Waals surface area contributed by atoms with Crippen LogP contribution >= 0.6 is 11.6 Å². The molecule has 0 aliphatic heterocycles. The summed E-state index contributed by atoms with van der Waals surface area (Å²) >= 11 is 5.56. The van der Waals surface area contributed by atoms with Crippen LogP contribution in [0.1, 0.15) is 37.9 Å².